The van der Waals surface area contributed by atoms with E-state index in [9.17, 15) is 0 Å². The molecule has 0 aromatic rings. The Morgan fingerprint density at radius 2 is 1.75 bits per heavy atom. The Kier molecular flexibility index (Phi) is 2.37. The Bertz CT molecular complexity index is 144. The number of hydrogen-bond donors (Lipinski definition) is 0. The summed E-state index contributed by atoms with van der Waals surface area (Å²) in [5.74, 6) is 0. The summed E-state index contributed by atoms with van der Waals surface area (Å²) in [6.45, 7) is 6.22. The van der Waals surface area contributed by atoms with E-state index >= 15 is 0 Å². The molecule has 2 aliphatic heterocycles. The highest BCUT2D eigenvalue weighted by molar-refractivity contribution is 4.94. The molecule has 2 unspecified atom stereocenters. The molecule has 2 heterocycles. The van der Waals surface area contributed by atoms with Crippen LogP contribution in [-0.2, 0) is 0 Å². The van der Waals surface area contributed by atoms with Crippen molar-refractivity contribution in [1.29, 1.82) is 0 Å². The molecule has 2 fully saturated rings. The van der Waals surface area contributed by atoms with Crippen molar-refractivity contribution in [2.45, 2.75) is 38.3 Å². The molecule has 70 valence electrons. The highest BCUT2D eigenvalue weighted by Gasteiger charge is 2.37. The van der Waals surface area contributed by atoms with Crippen LogP contribution >= 0.6 is 0 Å². The number of likely N-dealkylation sites (tertiary alicyclic amines) is 1. The van der Waals surface area contributed by atoms with Crippen molar-refractivity contribution in [1.82, 2.24) is 9.80 Å². The summed E-state index contributed by atoms with van der Waals surface area (Å²) in [4.78, 5) is 5.23. The fourth-order valence-corrected chi connectivity index (χ4v) is 2.82. The van der Waals surface area contributed by atoms with Crippen LogP contribution in [0.1, 0.15) is 26.2 Å². The van der Waals surface area contributed by atoms with Gasteiger partial charge in [0.05, 0.1) is 0 Å². The minimum absolute atomic E-state index is 0.883. The average molecular weight is 168 g/mol. The van der Waals surface area contributed by atoms with Gasteiger partial charge < -0.3 is 4.90 Å². The molecule has 0 radical (unpaired) electrons. The Morgan fingerprint density at radius 3 is 2.25 bits per heavy atom. The lowest BCUT2D eigenvalue weighted by Crippen LogP contribution is -2.52. The first-order chi connectivity index (χ1) is 5.81. The summed E-state index contributed by atoms with van der Waals surface area (Å²) >= 11 is 0. The average Bonchev–Trinajstić information content (AvgIpc) is 2.32. The van der Waals surface area contributed by atoms with E-state index in [0.717, 1.165) is 12.1 Å². The standard InChI is InChI=1S/C10H20N2/c1-3-6-12-9-4-5-10(12)8-11(2)7-9/h9-10H,3-8H2,1-2H3. The van der Waals surface area contributed by atoms with Gasteiger partial charge in [-0.2, -0.15) is 0 Å². The van der Waals surface area contributed by atoms with Crippen LogP contribution in [-0.4, -0.2) is 48.6 Å². The summed E-state index contributed by atoms with van der Waals surface area (Å²) in [5, 5.41) is 0. The van der Waals surface area contributed by atoms with Gasteiger partial charge in [-0.25, -0.2) is 0 Å². The van der Waals surface area contributed by atoms with Crippen LogP contribution in [0, 0.1) is 0 Å². The first-order valence-electron chi connectivity index (χ1n) is 5.25. The van der Waals surface area contributed by atoms with Crippen molar-refractivity contribution in [2.75, 3.05) is 26.7 Å². The SMILES string of the molecule is CCCN1C2CCC1CN(C)C2. The fourth-order valence-electron chi connectivity index (χ4n) is 2.82. The molecule has 2 saturated heterocycles. The number of hydrogen-bond acceptors (Lipinski definition) is 2. The highest BCUT2D eigenvalue weighted by Crippen LogP contribution is 2.29. The normalized spacial score (nSPS) is 37.5. The van der Waals surface area contributed by atoms with Gasteiger partial charge in [0.25, 0.3) is 0 Å². The van der Waals surface area contributed by atoms with E-state index in [0.29, 0.717) is 0 Å². The zero-order valence-electron chi connectivity index (χ0n) is 8.29. The van der Waals surface area contributed by atoms with Crippen molar-refractivity contribution in [3.05, 3.63) is 0 Å². The third-order valence-electron chi connectivity index (χ3n) is 3.30. The van der Waals surface area contributed by atoms with E-state index in [1.165, 1.54) is 38.9 Å². The largest absolute Gasteiger partial charge is 0.303 e. The first kappa shape index (κ1) is 8.52. The predicted molar refractivity (Wildman–Crippen MR) is 51.3 cm³/mol. The molecule has 2 atom stereocenters. The minimum atomic E-state index is 0.883. The second-order valence-corrected chi connectivity index (χ2v) is 4.34. The van der Waals surface area contributed by atoms with Crippen LogP contribution < -0.4 is 0 Å². The zero-order chi connectivity index (χ0) is 8.55. The number of likely N-dealkylation sites (N-methyl/N-ethyl adjacent to an activating group) is 1. The second-order valence-electron chi connectivity index (χ2n) is 4.34. The maximum absolute atomic E-state index is 2.74. The number of nitrogens with zero attached hydrogens (tertiary/aromatic N) is 2. The quantitative estimate of drug-likeness (QED) is 0.611. The smallest absolute Gasteiger partial charge is 0.0227 e. The topological polar surface area (TPSA) is 6.48 Å². The van der Waals surface area contributed by atoms with Gasteiger partial charge in [0.15, 0.2) is 0 Å². The summed E-state index contributed by atoms with van der Waals surface area (Å²) in [7, 11) is 2.26. The summed E-state index contributed by atoms with van der Waals surface area (Å²) in [6, 6.07) is 1.77. The van der Waals surface area contributed by atoms with Crippen LogP contribution in [0.5, 0.6) is 0 Å². The fraction of sp³-hybridized carbons (Fsp3) is 1.00. The molecule has 2 rings (SSSR count). The van der Waals surface area contributed by atoms with Gasteiger partial charge in [-0.1, -0.05) is 6.92 Å². The van der Waals surface area contributed by atoms with E-state index in [1.807, 2.05) is 0 Å². The number of rotatable bonds is 2. The van der Waals surface area contributed by atoms with Crippen LogP contribution in [0.3, 0.4) is 0 Å². The van der Waals surface area contributed by atoms with Crippen LogP contribution in [0.2, 0.25) is 0 Å². The van der Waals surface area contributed by atoms with Crippen molar-refractivity contribution in [3.63, 3.8) is 0 Å². The van der Waals surface area contributed by atoms with Crippen molar-refractivity contribution in [3.8, 4) is 0 Å². The minimum Gasteiger partial charge on any atom is -0.303 e. The number of piperazine rings is 1. The Hall–Kier alpha value is -0.0800. The van der Waals surface area contributed by atoms with Crippen molar-refractivity contribution in [2.24, 2.45) is 0 Å². The van der Waals surface area contributed by atoms with E-state index < -0.39 is 0 Å². The maximum Gasteiger partial charge on any atom is 0.0227 e. The van der Waals surface area contributed by atoms with Gasteiger partial charge >= 0.3 is 0 Å². The van der Waals surface area contributed by atoms with Crippen LogP contribution in [0.4, 0.5) is 0 Å². The molecule has 0 saturated carbocycles. The van der Waals surface area contributed by atoms with E-state index in [1.54, 1.807) is 0 Å². The van der Waals surface area contributed by atoms with Gasteiger partial charge in [0, 0.05) is 25.2 Å². The summed E-state index contributed by atoms with van der Waals surface area (Å²) in [6.07, 6.45) is 4.20. The molecule has 2 heteroatoms. The Morgan fingerprint density at radius 1 is 1.17 bits per heavy atom. The lowest BCUT2D eigenvalue weighted by atomic mass is 10.2. The van der Waals surface area contributed by atoms with Gasteiger partial charge in [0.2, 0.25) is 0 Å². The van der Waals surface area contributed by atoms with Crippen molar-refractivity contribution >= 4 is 0 Å². The van der Waals surface area contributed by atoms with Gasteiger partial charge in [-0.3, -0.25) is 4.90 Å². The molecule has 0 spiro atoms. The molecule has 0 aromatic carbocycles. The number of fused-ring (bicyclic) bond motifs is 2. The lowest BCUT2D eigenvalue weighted by molar-refractivity contribution is 0.0827. The monoisotopic (exact) mass is 168 g/mol. The third kappa shape index (κ3) is 1.38. The second kappa shape index (κ2) is 3.35. The molecule has 2 nitrogen and oxygen atoms in total. The molecule has 0 N–H and O–H groups in total. The maximum atomic E-state index is 2.74. The molecule has 2 bridgehead atoms. The highest BCUT2D eigenvalue weighted by atomic mass is 15.3. The molecule has 0 aliphatic carbocycles. The van der Waals surface area contributed by atoms with E-state index in [-0.39, 0.29) is 0 Å². The molecule has 12 heavy (non-hydrogen) atoms. The zero-order valence-corrected chi connectivity index (χ0v) is 8.29. The molecule has 0 amide bonds. The Balaban J connectivity index is 1.99. The van der Waals surface area contributed by atoms with Gasteiger partial charge in [-0.15, -0.1) is 0 Å². The molecule has 2 aliphatic rings. The molecule has 0 aromatic heterocycles. The summed E-state index contributed by atoms with van der Waals surface area (Å²) in [5.41, 5.74) is 0. The lowest BCUT2D eigenvalue weighted by Gasteiger charge is -2.39. The van der Waals surface area contributed by atoms with Gasteiger partial charge in [0.1, 0.15) is 0 Å². The van der Waals surface area contributed by atoms with Gasteiger partial charge in [-0.05, 0) is 32.9 Å². The summed E-state index contributed by atoms with van der Waals surface area (Å²) < 4.78 is 0. The Labute approximate surface area is 75.5 Å². The molecular weight excluding hydrogens is 148 g/mol. The molecular formula is C10H20N2. The van der Waals surface area contributed by atoms with Crippen molar-refractivity contribution < 1.29 is 0 Å². The van der Waals surface area contributed by atoms with E-state index in [4.69, 9.17) is 0 Å². The third-order valence-corrected chi connectivity index (χ3v) is 3.30. The van der Waals surface area contributed by atoms with E-state index in [2.05, 4.69) is 23.8 Å². The van der Waals surface area contributed by atoms with Crippen LogP contribution in [0.25, 0.3) is 0 Å². The first-order valence-corrected chi connectivity index (χ1v) is 5.25. The van der Waals surface area contributed by atoms with Crippen LogP contribution in [0.15, 0.2) is 0 Å². The predicted octanol–water partition coefficient (Wildman–Crippen LogP) is 1.17.